The topological polar surface area (TPSA) is 52.1 Å². The number of carbonyl (C=O) groups is 1. The zero-order valence-electron chi connectivity index (χ0n) is 11.6. The van der Waals surface area contributed by atoms with E-state index in [1.807, 2.05) is 36.4 Å². The molecule has 4 heteroatoms. The average molecular weight is 278 g/mol. The SMILES string of the molecule is COc1cnccc1C(=O)Cc1ccc2ccccc2n1. The van der Waals surface area contributed by atoms with Gasteiger partial charge >= 0.3 is 0 Å². The zero-order chi connectivity index (χ0) is 14.7. The average Bonchev–Trinajstić information content (AvgIpc) is 2.54. The summed E-state index contributed by atoms with van der Waals surface area (Å²) in [4.78, 5) is 20.9. The highest BCUT2D eigenvalue weighted by atomic mass is 16.5. The minimum absolute atomic E-state index is 0.0305. The molecular weight excluding hydrogens is 264 g/mol. The normalized spacial score (nSPS) is 10.5. The van der Waals surface area contributed by atoms with Gasteiger partial charge in [0, 0.05) is 17.3 Å². The molecule has 2 heterocycles. The molecule has 0 atom stereocenters. The number of aromatic nitrogens is 2. The largest absolute Gasteiger partial charge is 0.494 e. The van der Waals surface area contributed by atoms with E-state index in [-0.39, 0.29) is 12.2 Å². The first-order valence-corrected chi connectivity index (χ1v) is 6.64. The lowest BCUT2D eigenvalue weighted by Crippen LogP contribution is -2.07. The van der Waals surface area contributed by atoms with E-state index in [1.54, 1.807) is 18.5 Å². The van der Waals surface area contributed by atoms with Gasteiger partial charge in [-0.15, -0.1) is 0 Å². The third-order valence-corrected chi connectivity index (χ3v) is 3.30. The number of nitrogens with zero attached hydrogens (tertiary/aromatic N) is 2. The predicted molar refractivity (Wildman–Crippen MR) is 80.6 cm³/mol. The summed E-state index contributed by atoms with van der Waals surface area (Å²) in [5.74, 6) is 0.459. The number of benzene rings is 1. The Morgan fingerprint density at radius 2 is 2.00 bits per heavy atom. The van der Waals surface area contributed by atoms with Crippen molar-refractivity contribution in [2.75, 3.05) is 7.11 Å². The lowest BCUT2D eigenvalue weighted by atomic mass is 10.1. The molecule has 0 bridgehead atoms. The maximum absolute atomic E-state index is 12.4. The molecule has 0 saturated heterocycles. The van der Waals surface area contributed by atoms with Crippen molar-refractivity contribution >= 4 is 16.7 Å². The summed E-state index contributed by atoms with van der Waals surface area (Å²) in [5.41, 5.74) is 2.17. The Morgan fingerprint density at radius 1 is 1.14 bits per heavy atom. The number of pyridine rings is 2. The molecule has 0 N–H and O–H groups in total. The molecule has 21 heavy (non-hydrogen) atoms. The first-order chi connectivity index (χ1) is 10.3. The van der Waals surface area contributed by atoms with Gasteiger partial charge in [-0.25, -0.2) is 0 Å². The summed E-state index contributed by atoms with van der Waals surface area (Å²) in [6.07, 6.45) is 3.37. The Balaban J connectivity index is 1.89. The summed E-state index contributed by atoms with van der Waals surface area (Å²) in [5, 5.41) is 1.06. The van der Waals surface area contributed by atoms with Gasteiger partial charge in [0.1, 0.15) is 5.75 Å². The molecule has 0 aliphatic rings. The molecular formula is C17H14N2O2. The van der Waals surface area contributed by atoms with Crippen molar-refractivity contribution in [2.45, 2.75) is 6.42 Å². The third kappa shape index (κ3) is 2.74. The fourth-order valence-corrected chi connectivity index (χ4v) is 2.24. The number of carbonyl (C=O) groups excluding carboxylic acids is 1. The van der Waals surface area contributed by atoms with E-state index in [0.717, 1.165) is 16.6 Å². The summed E-state index contributed by atoms with van der Waals surface area (Å²) >= 11 is 0. The van der Waals surface area contributed by atoms with Gasteiger partial charge in [-0.2, -0.15) is 0 Å². The van der Waals surface area contributed by atoms with Crippen molar-refractivity contribution in [1.29, 1.82) is 0 Å². The van der Waals surface area contributed by atoms with Gasteiger partial charge in [-0.1, -0.05) is 24.3 Å². The van der Waals surface area contributed by atoms with Gasteiger partial charge < -0.3 is 4.74 Å². The summed E-state index contributed by atoms with van der Waals surface area (Å²) in [6, 6.07) is 13.4. The summed E-state index contributed by atoms with van der Waals surface area (Å²) < 4.78 is 5.17. The number of hydrogen-bond donors (Lipinski definition) is 0. The molecule has 104 valence electrons. The number of fused-ring (bicyclic) bond motifs is 1. The molecule has 0 fully saturated rings. The van der Waals surface area contributed by atoms with Gasteiger partial charge in [0.15, 0.2) is 5.78 Å². The standard InChI is InChI=1S/C17H14N2O2/c1-21-17-11-18-9-8-14(17)16(20)10-13-7-6-12-4-2-3-5-15(12)19-13/h2-9,11H,10H2,1H3. The number of Topliss-reactive ketones (excluding diaryl/α,β-unsaturated/α-hetero) is 1. The summed E-state index contributed by atoms with van der Waals surface area (Å²) in [6.45, 7) is 0. The van der Waals surface area contributed by atoms with Crippen molar-refractivity contribution in [3.05, 3.63) is 66.1 Å². The molecule has 2 aromatic heterocycles. The smallest absolute Gasteiger partial charge is 0.172 e. The highest BCUT2D eigenvalue weighted by Gasteiger charge is 2.13. The molecule has 4 nitrogen and oxygen atoms in total. The minimum atomic E-state index is -0.0305. The van der Waals surface area contributed by atoms with Crippen LogP contribution in [-0.4, -0.2) is 22.9 Å². The second kappa shape index (κ2) is 5.71. The van der Waals surface area contributed by atoms with Crippen LogP contribution >= 0.6 is 0 Å². The van der Waals surface area contributed by atoms with Crippen LogP contribution < -0.4 is 4.74 Å². The third-order valence-electron chi connectivity index (χ3n) is 3.30. The molecule has 0 radical (unpaired) electrons. The Labute approximate surface area is 122 Å². The molecule has 0 amide bonds. The Bertz CT molecular complexity index is 799. The van der Waals surface area contributed by atoms with Crippen molar-refractivity contribution in [1.82, 2.24) is 9.97 Å². The van der Waals surface area contributed by atoms with Crippen LogP contribution in [0.15, 0.2) is 54.9 Å². The highest BCUT2D eigenvalue weighted by molar-refractivity contribution is 5.99. The molecule has 3 aromatic rings. The lowest BCUT2D eigenvalue weighted by Gasteiger charge is -2.07. The molecule has 1 aromatic carbocycles. The van der Waals surface area contributed by atoms with E-state index in [0.29, 0.717) is 11.3 Å². The molecule has 3 rings (SSSR count). The number of hydrogen-bond acceptors (Lipinski definition) is 4. The molecule has 0 saturated carbocycles. The molecule has 0 aliphatic carbocycles. The molecule has 0 aliphatic heterocycles. The minimum Gasteiger partial charge on any atom is -0.494 e. The second-order valence-electron chi connectivity index (χ2n) is 4.67. The first kappa shape index (κ1) is 13.2. The van der Waals surface area contributed by atoms with E-state index in [4.69, 9.17) is 4.74 Å². The predicted octanol–water partition coefficient (Wildman–Crippen LogP) is 3.06. The van der Waals surface area contributed by atoms with Gasteiger partial charge in [0.25, 0.3) is 0 Å². The van der Waals surface area contributed by atoms with Crippen LogP contribution in [0.2, 0.25) is 0 Å². The molecule has 0 unspecified atom stereocenters. The van der Waals surface area contributed by atoms with Gasteiger partial charge in [0.2, 0.25) is 0 Å². The summed E-state index contributed by atoms with van der Waals surface area (Å²) in [7, 11) is 1.53. The fourth-order valence-electron chi connectivity index (χ4n) is 2.24. The Hall–Kier alpha value is -2.75. The Morgan fingerprint density at radius 3 is 2.86 bits per heavy atom. The van der Waals surface area contributed by atoms with E-state index in [2.05, 4.69) is 9.97 Å². The molecule has 0 spiro atoms. The van der Waals surface area contributed by atoms with Crippen molar-refractivity contribution in [2.24, 2.45) is 0 Å². The van der Waals surface area contributed by atoms with Gasteiger partial charge in [-0.3, -0.25) is 14.8 Å². The number of para-hydroxylation sites is 1. The maximum Gasteiger partial charge on any atom is 0.172 e. The van der Waals surface area contributed by atoms with Gasteiger partial charge in [-0.05, 0) is 18.2 Å². The van der Waals surface area contributed by atoms with E-state index in [9.17, 15) is 4.79 Å². The lowest BCUT2D eigenvalue weighted by molar-refractivity contribution is 0.0989. The monoisotopic (exact) mass is 278 g/mol. The van der Waals surface area contributed by atoms with Crippen LogP contribution in [0.4, 0.5) is 0 Å². The first-order valence-electron chi connectivity index (χ1n) is 6.64. The maximum atomic E-state index is 12.4. The van der Waals surface area contributed by atoms with Crippen molar-refractivity contribution < 1.29 is 9.53 Å². The highest BCUT2D eigenvalue weighted by Crippen LogP contribution is 2.19. The van der Waals surface area contributed by atoms with Crippen molar-refractivity contribution in [3.8, 4) is 5.75 Å². The van der Waals surface area contributed by atoms with Gasteiger partial charge in [0.05, 0.1) is 30.8 Å². The van der Waals surface area contributed by atoms with E-state index < -0.39 is 0 Å². The van der Waals surface area contributed by atoms with Crippen LogP contribution in [0.1, 0.15) is 16.1 Å². The van der Waals surface area contributed by atoms with Crippen LogP contribution in [0.25, 0.3) is 10.9 Å². The van der Waals surface area contributed by atoms with E-state index >= 15 is 0 Å². The number of ketones is 1. The second-order valence-corrected chi connectivity index (χ2v) is 4.67. The van der Waals surface area contributed by atoms with Crippen LogP contribution in [0.5, 0.6) is 5.75 Å². The number of ether oxygens (including phenoxy) is 1. The van der Waals surface area contributed by atoms with Crippen LogP contribution in [-0.2, 0) is 6.42 Å². The van der Waals surface area contributed by atoms with E-state index in [1.165, 1.54) is 7.11 Å². The quantitative estimate of drug-likeness (QED) is 0.688. The number of methoxy groups -OCH3 is 1. The van der Waals surface area contributed by atoms with Crippen LogP contribution in [0.3, 0.4) is 0 Å². The Kier molecular flexibility index (Phi) is 3.60. The zero-order valence-corrected chi connectivity index (χ0v) is 11.6. The van der Waals surface area contributed by atoms with Crippen LogP contribution in [0, 0.1) is 0 Å². The number of rotatable bonds is 4. The fraction of sp³-hybridized carbons (Fsp3) is 0.118. The van der Waals surface area contributed by atoms with Crippen molar-refractivity contribution in [3.63, 3.8) is 0 Å².